The van der Waals surface area contributed by atoms with Crippen molar-refractivity contribution in [3.63, 3.8) is 0 Å². The highest BCUT2D eigenvalue weighted by Gasteiger charge is 2.35. The number of amides is 3. The van der Waals surface area contributed by atoms with Crippen LogP contribution in [0.25, 0.3) is 0 Å². The summed E-state index contributed by atoms with van der Waals surface area (Å²) in [6.07, 6.45) is 7.89. The number of imidazole rings is 1. The first-order chi connectivity index (χ1) is 22.2. The molecule has 254 valence electrons. The maximum atomic E-state index is 14.0. The number of aliphatic hydroxyl groups excluding tert-OH is 2. The summed E-state index contributed by atoms with van der Waals surface area (Å²) >= 11 is 0. The average molecular weight is 640 g/mol. The van der Waals surface area contributed by atoms with Gasteiger partial charge in [0.2, 0.25) is 17.7 Å². The molecular weight excluding hydrogens is 586 g/mol. The van der Waals surface area contributed by atoms with Crippen LogP contribution >= 0.6 is 0 Å². The van der Waals surface area contributed by atoms with E-state index < -0.39 is 42.0 Å². The fourth-order valence-electron chi connectivity index (χ4n) is 6.66. The lowest BCUT2D eigenvalue weighted by molar-refractivity contribution is -0.140. The first-order valence-corrected chi connectivity index (χ1v) is 17.0. The van der Waals surface area contributed by atoms with Crippen LogP contribution in [0.1, 0.15) is 76.5 Å². The second kappa shape index (κ2) is 18.2. The molecule has 1 aromatic heterocycles. The molecule has 1 saturated carbocycles. The third-order valence-electron chi connectivity index (χ3n) is 9.25. The van der Waals surface area contributed by atoms with Gasteiger partial charge in [0.15, 0.2) is 0 Å². The molecule has 0 spiro atoms. The molecular formula is C35H53N5O6. The Morgan fingerprint density at radius 2 is 1.72 bits per heavy atom. The summed E-state index contributed by atoms with van der Waals surface area (Å²) in [5.74, 6) is -1.16. The number of nitrogens with zero attached hydrogens (tertiary/aromatic N) is 2. The van der Waals surface area contributed by atoms with E-state index in [0.29, 0.717) is 57.2 Å². The topological polar surface area (TPSA) is 157 Å². The Kier molecular flexibility index (Phi) is 14.0. The monoisotopic (exact) mass is 639 g/mol. The van der Waals surface area contributed by atoms with Crippen molar-refractivity contribution in [2.75, 3.05) is 26.3 Å². The van der Waals surface area contributed by atoms with Crippen LogP contribution in [-0.2, 0) is 32.0 Å². The molecule has 2 aromatic rings. The number of hydrogen-bond donors (Lipinski definition) is 5. The number of rotatable bonds is 16. The van der Waals surface area contributed by atoms with Crippen LogP contribution in [0, 0.1) is 17.8 Å². The zero-order valence-corrected chi connectivity index (χ0v) is 27.4. The predicted molar refractivity (Wildman–Crippen MR) is 174 cm³/mol. The van der Waals surface area contributed by atoms with Crippen LogP contribution in [0.4, 0.5) is 0 Å². The van der Waals surface area contributed by atoms with Crippen LogP contribution in [0.5, 0.6) is 0 Å². The third-order valence-corrected chi connectivity index (χ3v) is 9.25. The highest BCUT2D eigenvalue weighted by Crippen LogP contribution is 2.29. The maximum absolute atomic E-state index is 14.0. The van der Waals surface area contributed by atoms with Gasteiger partial charge in [0, 0.05) is 37.8 Å². The molecule has 5 atom stereocenters. The molecule has 11 nitrogen and oxygen atoms in total. The van der Waals surface area contributed by atoms with Gasteiger partial charge in [-0.2, -0.15) is 0 Å². The van der Waals surface area contributed by atoms with Gasteiger partial charge in [0.05, 0.1) is 37.6 Å². The lowest BCUT2D eigenvalue weighted by Crippen LogP contribution is -2.56. The van der Waals surface area contributed by atoms with Gasteiger partial charge in [-0.25, -0.2) is 4.98 Å². The van der Waals surface area contributed by atoms with E-state index in [2.05, 4.69) is 20.6 Å². The van der Waals surface area contributed by atoms with Crippen molar-refractivity contribution in [1.82, 2.24) is 25.5 Å². The van der Waals surface area contributed by atoms with Crippen molar-refractivity contribution >= 4 is 17.7 Å². The molecule has 2 fully saturated rings. The number of morpholine rings is 1. The molecule has 4 rings (SSSR count). The van der Waals surface area contributed by atoms with Crippen molar-refractivity contribution in [2.24, 2.45) is 17.8 Å². The van der Waals surface area contributed by atoms with Gasteiger partial charge >= 0.3 is 0 Å². The number of aromatic amines is 1. The minimum atomic E-state index is -1.14. The number of aromatic nitrogens is 2. The van der Waals surface area contributed by atoms with E-state index in [4.69, 9.17) is 4.74 Å². The molecule has 1 aliphatic carbocycles. The van der Waals surface area contributed by atoms with Crippen LogP contribution in [0.15, 0.2) is 42.9 Å². The number of benzene rings is 1. The Labute approximate surface area is 272 Å². The number of hydrogen-bond acceptors (Lipinski definition) is 7. The fourth-order valence-corrected chi connectivity index (χ4v) is 6.66. The van der Waals surface area contributed by atoms with Gasteiger partial charge < -0.3 is 35.5 Å². The molecule has 5 unspecified atom stereocenters. The minimum Gasteiger partial charge on any atom is -0.390 e. The molecule has 11 heteroatoms. The standard InChI is InChI=1S/C35H53N5O6/c1-24(2)17-31(41)33(43)29(19-26-11-7-4-8-12-26)38-35(45)30(21-28-22-36-23-37-28)39-34(44)27(18-25-9-5-3-6-10-25)20-32(42)40-13-15-46-16-14-40/h3,5-6,9-10,22-24,26-27,29-31,33,41,43H,4,7-8,11-21H2,1-2H3,(H,36,37)(H,38,45)(H,39,44). The summed E-state index contributed by atoms with van der Waals surface area (Å²) in [6.45, 7) is 5.86. The van der Waals surface area contributed by atoms with Gasteiger partial charge in [-0.3, -0.25) is 14.4 Å². The molecule has 2 aliphatic rings. The molecule has 3 amide bonds. The summed E-state index contributed by atoms with van der Waals surface area (Å²) in [5, 5.41) is 28.1. The number of carbonyl (C=O) groups is 3. The van der Waals surface area contributed by atoms with Crippen molar-refractivity contribution < 1.29 is 29.3 Å². The first kappa shape index (κ1) is 35.6. The normalized spacial score (nSPS) is 19.2. The molecule has 5 N–H and O–H groups in total. The SMILES string of the molecule is CC(C)CC(O)C(O)C(CC1CCCCC1)NC(=O)C(Cc1cnc[nH]1)NC(=O)C(CC(=O)N1CCOCC1)Cc1ccccc1. The summed E-state index contributed by atoms with van der Waals surface area (Å²) in [5.41, 5.74) is 1.58. The average Bonchev–Trinajstić information content (AvgIpc) is 3.57. The van der Waals surface area contributed by atoms with Crippen LogP contribution < -0.4 is 10.6 Å². The zero-order valence-electron chi connectivity index (χ0n) is 27.4. The fraction of sp³-hybridized carbons (Fsp3) is 0.657. The molecule has 1 saturated heterocycles. The van der Waals surface area contributed by atoms with E-state index in [1.165, 1.54) is 12.7 Å². The van der Waals surface area contributed by atoms with Gasteiger partial charge in [-0.15, -0.1) is 0 Å². The van der Waals surface area contributed by atoms with E-state index in [-0.39, 0.29) is 24.7 Å². The highest BCUT2D eigenvalue weighted by molar-refractivity contribution is 5.91. The zero-order chi connectivity index (χ0) is 32.9. The van der Waals surface area contributed by atoms with Crippen molar-refractivity contribution in [3.05, 3.63) is 54.1 Å². The van der Waals surface area contributed by atoms with Crippen LogP contribution in [0.3, 0.4) is 0 Å². The van der Waals surface area contributed by atoms with E-state index in [1.54, 1.807) is 11.1 Å². The summed E-state index contributed by atoms with van der Waals surface area (Å²) in [6, 6.07) is 7.88. The van der Waals surface area contributed by atoms with Gasteiger partial charge in [-0.05, 0) is 36.7 Å². The summed E-state index contributed by atoms with van der Waals surface area (Å²) in [4.78, 5) is 50.1. The first-order valence-electron chi connectivity index (χ1n) is 17.0. The Bertz CT molecular complexity index is 1200. The smallest absolute Gasteiger partial charge is 0.243 e. The van der Waals surface area contributed by atoms with Crippen molar-refractivity contribution in [2.45, 2.75) is 102 Å². The van der Waals surface area contributed by atoms with Gasteiger partial charge in [0.25, 0.3) is 0 Å². The van der Waals surface area contributed by atoms with Gasteiger partial charge in [-0.1, -0.05) is 76.3 Å². The number of H-pyrrole nitrogens is 1. The minimum absolute atomic E-state index is 0.00351. The lowest BCUT2D eigenvalue weighted by atomic mass is 9.82. The molecule has 1 aromatic carbocycles. The summed E-state index contributed by atoms with van der Waals surface area (Å²) < 4.78 is 5.40. The van der Waals surface area contributed by atoms with Crippen LogP contribution in [-0.4, -0.2) is 93.4 Å². The second-order valence-corrected chi connectivity index (χ2v) is 13.5. The number of carbonyl (C=O) groups excluding carboxylic acids is 3. The predicted octanol–water partition coefficient (Wildman–Crippen LogP) is 2.77. The molecule has 0 bridgehead atoms. The molecule has 1 aliphatic heterocycles. The second-order valence-electron chi connectivity index (χ2n) is 13.5. The van der Waals surface area contributed by atoms with E-state index in [0.717, 1.165) is 31.2 Å². The number of aliphatic hydroxyl groups is 2. The third kappa shape index (κ3) is 11.2. The van der Waals surface area contributed by atoms with E-state index >= 15 is 0 Å². The Morgan fingerprint density at radius 3 is 2.37 bits per heavy atom. The van der Waals surface area contributed by atoms with Crippen molar-refractivity contribution in [1.29, 1.82) is 0 Å². The Balaban J connectivity index is 1.53. The Morgan fingerprint density at radius 1 is 1.00 bits per heavy atom. The van der Waals surface area contributed by atoms with E-state index in [9.17, 15) is 24.6 Å². The molecule has 46 heavy (non-hydrogen) atoms. The number of ether oxygens (including phenoxy) is 1. The Hall–Kier alpha value is -3.28. The molecule has 2 heterocycles. The molecule has 0 radical (unpaired) electrons. The maximum Gasteiger partial charge on any atom is 0.243 e. The largest absolute Gasteiger partial charge is 0.390 e. The van der Waals surface area contributed by atoms with Gasteiger partial charge in [0.1, 0.15) is 12.1 Å². The van der Waals surface area contributed by atoms with Crippen molar-refractivity contribution in [3.8, 4) is 0 Å². The highest BCUT2D eigenvalue weighted by atomic mass is 16.5. The van der Waals surface area contributed by atoms with E-state index in [1.807, 2.05) is 44.2 Å². The quantitative estimate of drug-likeness (QED) is 0.189. The van der Waals surface area contributed by atoms with Crippen LogP contribution in [0.2, 0.25) is 0 Å². The lowest BCUT2D eigenvalue weighted by Gasteiger charge is -2.34. The number of nitrogens with one attached hydrogen (secondary N) is 3. The summed E-state index contributed by atoms with van der Waals surface area (Å²) in [7, 11) is 0.